The summed E-state index contributed by atoms with van der Waals surface area (Å²) in [6.45, 7) is 6.20. The fraction of sp³-hybridized carbons (Fsp3) is 1.00. The van der Waals surface area contributed by atoms with Gasteiger partial charge in [-0.05, 0) is 38.5 Å². The van der Waals surface area contributed by atoms with Crippen LogP contribution in [-0.2, 0) is 4.74 Å². The number of ether oxygens (including phenoxy) is 1. The topological polar surface area (TPSA) is 41.5 Å². The molecule has 15 heavy (non-hydrogen) atoms. The molecule has 0 heterocycles. The normalized spacial score (nSPS) is 34.4. The van der Waals surface area contributed by atoms with Crippen LogP contribution in [0.3, 0.4) is 0 Å². The lowest BCUT2D eigenvalue weighted by molar-refractivity contribution is -0.0417. The van der Waals surface area contributed by atoms with Crippen LogP contribution in [0.2, 0.25) is 0 Å². The summed E-state index contributed by atoms with van der Waals surface area (Å²) in [5.74, 6) is 0.265. The summed E-state index contributed by atoms with van der Waals surface area (Å²) in [5, 5.41) is 13.1. The van der Waals surface area contributed by atoms with Crippen molar-refractivity contribution in [3.8, 4) is 0 Å². The number of rotatable bonds is 4. The largest absolute Gasteiger partial charge is 0.378 e. The Morgan fingerprint density at radius 2 is 2.13 bits per heavy atom. The van der Waals surface area contributed by atoms with Crippen LogP contribution in [0.5, 0.6) is 0 Å². The van der Waals surface area contributed by atoms with Gasteiger partial charge in [-0.2, -0.15) is 0 Å². The zero-order chi connectivity index (χ0) is 11.5. The Labute approximate surface area is 93.2 Å². The molecule has 1 saturated carbocycles. The highest BCUT2D eigenvalue weighted by atomic mass is 16.5. The molecule has 0 radical (unpaired) electrons. The molecule has 3 atom stereocenters. The van der Waals surface area contributed by atoms with E-state index in [1.54, 1.807) is 7.11 Å². The van der Waals surface area contributed by atoms with E-state index in [1.807, 2.05) is 13.8 Å². The molecule has 1 fully saturated rings. The second kappa shape index (κ2) is 5.28. The predicted octanol–water partition coefficient (Wildman–Crippen LogP) is 1.90. The van der Waals surface area contributed by atoms with Crippen molar-refractivity contribution >= 4 is 0 Å². The molecule has 3 heteroatoms. The average Bonchev–Trinajstić information content (AvgIpc) is 2.18. The molecule has 90 valence electrons. The molecule has 0 aromatic carbocycles. The van der Waals surface area contributed by atoms with Crippen molar-refractivity contribution in [2.75, 3.05) is 7.11 Å². The first-order valence-electron chi connectivity index (χ1n) is 5.96. The molecule has 0 aromatic rings. The maximum atomic E-state index is 9.77. The maximum Gasteiger partial charge on any atom is 0.107 e. The van der Waals surface area contributed by atoms with Crippen molar-refractivity contribution in [3.63, 3.8) is 0 Å². The molecule has 0 aliphatic heterocycles. The Morgan fingerprint density at radius 3 is 2.67 bits per heavy atom. The van der Waals surface area contributed by atoms with Gasteiger partial charge in [0.25, 0.3) is 0 Å². The van der Waals surface area contributed by atoms with Gasteiger partial charge in [0, 0.05) is 13.2 Å². The lowest BCUT2D eigenvalue weighted by Gasteiger charge is -2.38. The zero-order valence-corrected chi connectivity index (χ0v) is 10.4. The summed E-state index contributed by atoms with van der Waals surface area (Å²) in [6.07, 6.45) is 4.04. The van der Waals surface area contributed by atoms with Crippen LogP contribution in [0.4, 0.5) is 0 Å². The summed E-state index contributed by atoms with van der Waals surface area (Å²) in [5.41, 5.74) is -0.00733. The maximum absolute atomic E-state index is 9.77. The highest BCUT2D eigenvalue weighted by Crippen LogP contribution is 2.31. The summed E-state index contributed by atoms with van der Waals surface area (Å²) in [7, 11) is 1.78. The lowest BCUT2D eigenvalue weighted by atomic mass is 9.83. The van der Waals surface area contributed by atoms with E-state index in [1.165, 1.54) is 6.42 Å². The fourth-order valence-electron chi connectivity index (χ4n) is 2.21. The Kier molecular flexibility index (Phi) is 4.56. The summed E-state index contributed by atoms with van der Waals surface area (Å²) in [4.78, 5) is 0. The standard InChI is InChI=1S/C12H25NO2/c1-9(2)11(14)13-10-6-5-7-12(3,8-10)15-4/h9-11,13-14H,5-8H2,1-4H3. The summed E-state index contributed by atoms with van der Waals surface area (Å²) >= 11 is 0. The molecule has 0 amide bonds. The second-order valence-corrected chi connectivity index (χ2v) is 5.30. The first kappa shape index (κ1) is 12.9. The fourth-order valence-corrected chi connectivity index (χ4v) is 2.21. The summed E-state index contributed by atoms with van der Waals surface area (Å²) in [6, 6.07) is 0.390. The van der Waals surface area contributed by atoms with Gasteiger partial charge in [0.15, 0.2) is 0 Å². The SMILES string of the molecule is COC1(C)CCCC(NC(O)C(C)C)C1. The Morgan fingerprint density at radius 1 is 1.47 bits per heavy atom. The minimum Gasteiger partial charge on any atom is -0.378 e. The number of aliphatic hydroxyl groups excluding tert-OH is 1. The molecule has 0 saturated heterocycles. The number of hydrogen-bond donors (Lipinski definition) is 2. The van der Waals surface area contributed by atoms with Crippen LogP contribution in [0.15, 0.2) is 0 Å². The summed E-state index contributed by atoms with van der Waals surface area (Å²) < 4.78 is 5.53. The number of aliphatic hydroxyl groups is 1. The molecule has 1 rings (SSSR count). The van der Waals surface area contributed by atoms with E-state index in [4.69, 9.17) is 4.74 Å². The van der Waals surface area contributed by atoms with Gasteiger partial charge < -0.3 is 9.84 Å². The molecular weight excluding hydrogens is 190 g/mol. The van der Waals surface area contributed by atoms with Gasteiger partial charge in [0.1, 0.15) is 6.23 Å². The zero-order valence-electron chi connectivity index (χ0n) is 10.4. The van der Waals surface area contributed by atoms with Crippen LogP contribution in [0.1, 0.15) is 46.5 Å². The van der Waals surface area contributed by atoms with Crippen molar-refractivity contribution in [2.45, 2.75) is 64.3 Å². The van der Waals surface area contributed by atoms with E-state index in [9.17, 15) is 5.11 Å². The monoisotopic (exact) mass is 215 g/mol. The van der Waals surface area contributed by atoms with Gasteiger partial charge in [0.2, 0.25) is 0 Å². The van der Waals surface area contributed by atoms with Crippen molar-refractivity contribution in [1.29, 1.82) is 0 Å². The van der Waals surface area contributed by atoms with Crippen LogP contribution >= 0.6 is 0 Å². The van der Waals surface area contributed by atoms with E-state index in [2.05, 4.69) is 12.2 Å². The van der Waals surface area contributed by atoms with Crippen molar-refractivity contribution in [3.05, 3.63) is 0 Å². The van der Waals surface area contributed by atoms with Crippen LogP contribution in [-0.4, -0.2) is 30.1 Å². The minimum atomic E-state index is -0.394. The molecular formula is C12H25NO2. The van der Waals surface area contributed by atoms with E-state index in [-0.39, 0.29) is 11.5 Å². The van der Waals surface area contributed by atoms with Gasteiger partial charge in [-0.15, -0.1) is 0 Å². The van der Waals surface area contributed by atoms with Crippen LogP contribution < -0.4 is 5.32 Å². The van der Waals surface area contributed by atoms with Gasteiger partial charge >= 0.3 is 0 Å². The molecule has 0 aromatic heterocycles. The van der Waals surface area contributed by atoms with Gasteiger partial charge in [-0.25, -0.2) is 0 Å². The van der Waals surface area contributed by atoms with Gasteiger partial charge in [0.05, 0.1) is 5.60 Å². The number of hydrogen-bond acceptors (Lipinski definition) is 3. The van der Waals surface area contributed by atoms with E-state index < -0.39 is 6.23 Å². The molecule has 1 aliphatic carbocycles. The third kappa shape index (κ3) is 3.74. The first-order chi connectivity index (χ1) is 6.97. The quantitative estimate of drug-likeness (QED) is 0.704. The van der Waals surface area contributed by atoms with Crippen LogP contribution in [0.25, 0.3) is 0 Å². The first-order valence-corrected chi connectivity index (χ1v) is 5.96. The van der Waals surface area contributed by atoms with Crippen molar-refractivity contribution in [2.24, 2.45) is 5.92 Å². The smallest absolute Gasteiger partial charge is 0.107 e. The van der Waals surface area contributed by atoms with Crippen molar-refractivity contribution in [1.82, 2.24) is 5.32 Å². The Bertz CT molecular complexity index is 196. The van der Waals surface area contributed by atoms with E-state index >= 15 is 0 Å². The second-order valence-electron chi connectivity index (χ2n) is 5.30. The van der Waals surface area contributed by atoms with Crippen LogP contribution in [0, 0.1) is 5.92 Å². The molecule has 1 aliphatic rings. The number of nitrogens with one attached hydrogen (secondary N) is 1. The molecule has 0 bridgehead atoms. The number of methoxy groups -OCH3 is 1. The van der Waals surface area contributed by atoms with Gasteiger partial charge in [-0.3, -0.25) is 5.32 Å². The van der Waals surface area contributed by atoms with Gasteiger partial charge in [-0.1, -0.05) is 13.8 Å². The van der Waals surface area contributed by atoms with E-state index in [0.29, 0.717) is 6.04 Å². The highest BCUT2D eigenvalue weighted by molar-refractivity contribution is 4.88. The lowest BCUT2D eigenvalue weighted by Crippen LogP contribution is -2.48. The third-order valence-corrected chi connectivity index (χ3v) is 3.47. The molecule has 3 unspecified atom stereocenters. The average molecular weight is 215 g/mol. The third-order valence-electron chi connectivity index (χ3n) is 3.47. The van der Waals surface area contributed by atoms with E-state index in [0.717, 1.165) is 19.3 Å². The highest BCUT2D eigenvalue weighted by Gasteiger charge is 2.32. The predicted molar refractivity (Wildman–Crippen MR) is 61.7 cm³/mol. The minimum absolute atomic E-state index is 0.00733. The Balaban J connectivity index is 2.43. The Hall–Kier alpha value is -0.120. The molecule has 3 nitrogen and oxygen atoms in total. The molecule has 0 spiro atoms. The molecule has 2 N–H and O–H groups in total. The van der Waals surface area contributed by atoms with Crippen molar-refractivity contribution < 1.29 is 9.84 Å².